The number of amides is 1. The molecule has 0 heterocycles. The Hall–Kier alpha value is -2.72. The van der Waals surface area contributed by atoms with E-state index in [-0.39, 0.29) is 5.91 Å². The van der Waals surface area contributed by atoms with Crippen LogP contribution >= 0.6 is 11.6 Å². The number of ether oxygens (including phenoxy) is 1. The lowest BCUT2D eigenvalue weighted by molar-refractivity contribution is 0.0961. The van der Waals surface area contributed by atoms with Crippen LogP contribution in [0.5, 0.6) is 5.75 Å². The van der Waals surface area contributed by atoms with Crippen LogP contribution in [-0.2, 0) is 0 Å². The molecule has 0 bridgehead atoms. The van der Waals surface area contributed by atoms with Crippen LogP contribution in [0.3, 0.4) is 0 Å². The van der Waals surface area contributed by atoms with Crippen molar-refractivity contribution in [3.05, 3.63) is 71.2 Å². The topological polar surface area (TPSA) is 50.4 Å². The Kier molecular flexibility index (Phi) is 4.35. The number of nitrogens with one attached hydrogen (secondary N) is 2. The number of hydrogen-bond donors (Lipinski definition) is 2. The van der Waals surface area contributed by atoms with Crippen molar-refractivity contribution in [1.29, 1.82) is 0 Å². The van der Waals surface area contributed by atoms with E-state index in [9.17, 15) is 4.79 Å². The zero-order chi connectivity index (χ0) is 16.2. The van der Waals surface area contributed by atoms with Crippen molar-refractivity contribution in [2.45, 2.75) is 0 Å². The van der Waals surface area contributed by atoms with Crippen LogP contribution in [0.4, 0.5) is 5.69 Å². The second-order valence-electron chi connectivity index (χ2n) is 4.95. The van der Waals surface area contributed by atoms with E-state index in [1.807, 2.05) is 30.3 Å². The molecule has 1 amide bonds. The van der Waals surface area contributed by atoms with E-state index in [1.54, 1.807) is 37.4 Å². The highest BCUT2D eigenvalue weighted by Gasteiger charge is 2.16. The average molecular weight is 327 g/mol. The van der Waals surface area contributed by atoms with Gasteiger partial charge in [0, 0.05) is 5.02 Å². The molecule has 0 aliphatic carbocycles. The summed E-state index contributed by atoms with van der Waals surface area (Å²) in [5, 5.41) is 2.45. The molecule has 4 nitrogen and oxygen atoms in total. The van der Waals surface area contributed by atoms with Gasteiger partial charge in [0.2, 0.25) is 0 Å². The number of carbonyl (C=O) groups excluding carboxylic acids is 1. The molecule has 3 aromatic carbocycles. The molecule has 0 radical (unpaired) electrons. The number of fused-ring (bicyclic) bond motifs is 1. The molecule has 3 rings (SSSR count). The summed E-state index contributed by atoms with van der Waals surface area (Å²) in [5.41, 5.74) is 6.79. The summed E-state index contributed by atoms with van der Waals surface area (Å²) in [6.07, 6.45) is 0. The summed E-state index contributed by atoms with van der Waals surface area (Å²) in [4.78, 5) is 12.6. The van der Waals surface area contributed by atoms with E-state index in [1.165, 1.54) is 0 Å². The zero-order valence-electron chi connectivity index (χ0n) is 12.5. The molecule has 5 heteroatoms. The van der Waals surface area contributed by atoms with Crippen molar-refractivity contribution in [3.63, 3.8) is 0 Å². The van der Waals surface area contributed by atoms with E-state index < -0.39 is 0 Å². The lowest BCUT2D eigenvalue weighted by Gasteiger charge is -2.13. The average Bonchev–Trinajstić information content (AvgIpc) is 2.60. The van der Waals surface area contributed by atoms with E-state index in [2.05, 4.69) is 10.9 Å². The molecule has 23 heavy (non-hydrogen) atoms. The smallest absolute Gasteiger partial charge is 0.274 e. The highest BCUT2D eigenvalue weighted by molar-refractivity contribution is 6.30. The minimum atomic E-state index is -0.270. The van der Waals surface area contributed by atoms with Crippen molar-refractivity contribution in [3.8, 4) is 5.75 Å². The fourth-order valence-electron chi connectivity index (χ4n) is 2.38. The fourth-order valence-corrected chi connectivity index (χ4v) is 2.51. The number of hydrogen-bond acceptors (Lipinski definition) is 3. The zero-order valence-corrected chi connectivity index (χ0v) is 13.2. The highest BCUT2D eigenvalue weighted by Crippen LogP contribution is 2.27. The first kappa shape index (κ1) is 15.2. The molecule has 0 saturated carbocycles. The first-order valence-electron chi connectivity index (χ1n) is 7.06. The van der Waals surface area contributed by atoms with Gasteiger partial charge in [0.15, 0.2) is 0 Å². The molecule has 0 aromatic heterocycles. The quantitative estimate of drug-likeness (QED) is 0.704. The standard InChI is InChI=1S/C18H15ClN2O2/c1-23-16-11-6-12-4-2-3-5-15(12)17(16)18(22)21-20-14-9-7-13(19)8-10-14/h2-11,20H,1H3,(H,21,22). The lowest BCUT2D eigenvalue weighted by Crippen LogP contribution is -2.29. The lowest BCUT2D eigenvalue weighted by atomic mass is 10.0. The SMILES string of the molecule is COc1ccc2ccccc2c1C(=O)NNc1ccc(Cl)cc1. The van der Waals surface area contributed by atoms with Gasteiger partial charge in [0.05, 0.1) is 18.4 Å². The second-order valence-corrected chi connectivity index (χ2v) is 5.39. The molecule has 3 aromatic rings. The van der Waals surface area contributed by atoms with Gasteiger partial charge in [0.25, 0.3) is 5.91 Å². The summed E-state index contributed by atoms with van der Waals surface area (Å²) in [7, 11) is 1.55. The molecular formula is C18H15ClN2O2. The largest absolute Gasteiger partial charge is 0.496 e. The Morgan fingerprint density at radius 3 is 2.48 bits per heavy atom. The molecule has 0 saturated heterocycles. The highest BCUT2D eigenvalue weighted by atomic mass is 35.5. The first-order chi connectivity index (χ1) is 11.2. The number of methoxy groups -OCH3 is 1. The van der Waals surface area contributed by atoms with Crippen molar-refractivity contribution >= 4 is 34.0 Å². The van der Waals surface area contributed by atoms with Gasteiger partial charge in [-0.25, -0.2) is 0 Å². The van der Waals surface area contributed by atoms with Gasteiger partial charge in [0.1, 0.15) is 5.75 Å². The molecule has 0 spiro atoms. The molecular weight excluding hydrogens is 312 g/mol. The summed E-state index contributed by atoms with van der Waals surface area (Å²) in [6, 6.07) is 18.5. The van der Waals surface area contributed by atoms with Crippen LogP contribution in [-0.4, -0.2) is 13.0 Å². The third-order valence-corrected chi connectivity index (χ3v) is 3.75. The van der Waals surface area contributed by atoms with Crippen LogP contribution < -0.4 is 15.6 Å². The summed E-state index contributed by atoms with van der Waals surface area (Å²) in [6.45, 7) is 0. The van der Waals surface area contributed by atoms with Crippen LogP contribution in [0.1, 0.15) is 10.4 Å². The second kappa shape index (κ2) is 6.58. The van der Waals surface area contributed by atoms with E-state index in [0.717, 1.165) is 16.5 Å². The van der Waals surface area contributed by atoms with E-state index in [0.29, 0.717) is 16.3 Å². The van der Waals surface area contributed by atoms with Crippen LogP contribution in [0.15, 0.2) is 60.7 Å². The van der Waals surface area contributed by atoms with Crippen molar-refractivity contribution in [2.24, 2.45) is 0 Å². The summed E-state index contributed by atoms with van der Waals surface area (Å²) in [5.74, 6) is 0.257. The Labute approximate surface area is 139 Å². The molecule has 116 valence electrons. The Morgan fingerprint density at radius 2 is 1.74 bits per heavy atom. The number of anilines is 1. The normalized spacial score (nSPS) is 10.3. The van der Waals surface area contributed by atoms with E-state index in [4.69, 9.17) is 16.3 Å². The number of carbonyl (C=O) groups is 1. The van der Waals surface area contributed by atoms with Gasteiger partial charge in [-0.1, -0.05) is 41.9 Å². The Balaban J connectivity index is 1.89. The van der Waals surface area contributed by atoms with Crippen LogP contribution in [0.2, 0.25) is 5.02 Å². The molecule has 2 N–H and O–H groups in total. The molecule has 0 fully saturated rings. The molecule has 0 aliphatic heterocycles. The predicted octanol–water partition coefficient (Wildman–Crippen LogP) is 4.26. The van der Waals surface area contributed by atoms with Crippen molar-refractivity contribution in [1.82, 2.24) is 5.43 Å². The Bertz CT molecular complexity index is 847. The van der Waals surface area contributed by atoms with Crippen LogP contribution in [0.25, 0.3) is 10.8 Å². The number of benzene rings is 3. The molecule has 0 aliphatic rings. The third-order valence-electron chi connectivity index (χ3n) is 3.50. The molecule has 0 atom stereocenters. The third kappa shape index (κ3) is 3.22. The number of hydrazine groups is 1. The Morgan fingerprint density at radius 1 is 1.00 bits per heavy atom. The van der Waals surface area contributed by atoms with Gasteiger partial charge in [-0.2, -0.15) is 0 Å². The maximum Gasteiger partial charge on any atom is 0.274 e. The van der Waals surface area contributed by atoms with Gasteiger partial charge in [-0.15, -0.1) is 0 Å². The maximum absolute atomic E-state index is 12.6. The maximum atomic E-state index is 12.6. The van der Waals surface area contributed by atoms with Gasteiger partial charge in [-0.3, -0.25) is 15.6 Å². The minimum Gasteiger partial charge on any atom is -0.496 e. The van der Waals surface area contributed by atoms with Crippen LogP contribution in [0, 0.1) is 0 Å². The van der Waals surface area contributed by atoms with E-state index >= 15 is 0 Å². The van der Waals surface area contributed by atoms with Crippen molar-refractivity contribution < 1.29 is 9.53 Å². The molecule has 0 unspecified atom stereocenters. The van der Waals surface area contributed by atoms with Gasteiger partial charge >= 0.3 is 0 Å². The first-order valence-corrected chi connectivity index (χ1v) is 7.44. The summed E-state index contributed by atoms with van der Waals surface area (Å²) < 4.78 is 5.34. The fraction of sp³-hybridized carbons (Fsp3) is 0.0556. The van der Waals surface area contributed by atoms with Gasteiger partial charge < -0.3 is 4.74 Å². The predicted molar refractivity (Wildman–Crippen MR) is 93.0 cm³/mol. The van der Waals surface area contributed by atoms with Gasteiger partial charge in [-0.05, 0) is 41.1 Å². The monoisotopic (exact) mass is 326 g/mol. The number of halogens is 1. The number of rotatable bonds is 4. The minimum absolute atomic E-state index is 0.270. The summed E-state index contributed by atoms with van der Waals surface area (Å²) >= 11 is 5.84. The van der Waals surface area contributed by atoms with Crippen molar-refractivity contribution in [2.75, 3.05) is 12.5 Å².